The Labute approximate surface area is 184 Å². The Morgan fingerprint density at radius 2 is 1.78 bits per heavy atom. The van der Waals surface area contributed by atoms with Gasteiger partial charge in [-0.25, -0.2) is 16.8 Å². The molecule has 0 saturated heterocycles. The standard InChI is InChI=1S/C24H20FNO5S/c1-31-20-10-11-23-22(14-20)18(7-12-24(27)28)15-26(23)32(29,30)21-4-2-3-17(13-21)16-5-8-19(25)9-6-16/h2-6,8-11,13-15H,7,12H2,1H3,(H,27,28). The summed E-state index contributed by atoms with van der Waals surface area (Å²) in [6.07, 6.45) is 1.51. The van der Waals surface area contributed by atoms with E-state index in [1.165, 1.54) is 41.5 Å². The number of carboxylic acids is 1. The fourth-order valence-corrected chi connectivity index (χ4v) is 5.04. The molecule has 6 nitrogen and oxygen atoms in total. The summed E-state index contributed by atoms with van der Waals surface area (Å²) in [5, 5.41) is 9.69. The van der Waals surface area contributed by atoms with E-state index in [9.17, 15) is 17.6 Å². The van der Waals surface area contributed by atoms with E-state index < -0.39 is 16.0 Å². The predicted molar refractivity (Wildman–Crippen MR) is 119 cm³/mol. The minimum absolute atomic E-state index is 0.0665. The first-order chi connectivity index (χ1) is 15.3. The molecule has 3 aromatic carbocycles. The molecule has 1 N–H and O–H groups in total. The summed E-state index contributed by atoms with van der Waals surface area (Å²) in [4.78, 5) is 11.1. The molecule has 164 valence electrons. The number of benzene rings is 3. The van der Waals surface area contributed by atoms with E-state index in [1.54, 1.807) is 42.5 Å². The third kappa shape index (κ3) is 4.09. The number of ether oxygens (including phenoxy) is 1. The van der Waals surface area contributed by atoms with Gasteiger partial charge in [0.15, 0.2) is 0 Å². The average Bonchev–Trinajstić information content (AvgIpc) is 3.17. The zero-order valence-electron chi connectivity index (χ0n) is 17.2. The largest absolute Gasteiger partial charge is 0.497 e. The Morgan fingerprint density at radius 1 is 1.03 bits per heavy atom. The smallest absolute Gasteiger partial charge is 0.303 e. The monoisotopic (exact) mass is 453 g/mol. The van der Waals surface area contributed by atoms with Gasteiger partial charge in [0.05, 0.1) is 17.5 Å². The van der Waals surface area contributed by atoms with Gasteiger partial charge in [0.25, 0.3) is 10.0 Å². The van der Waals surface area contributed by atoms with Gasteiger partial charge in [0.1, 0.15) is 11.6 Å². The van der Waals surface area contributed by atoms with Crippen LogP contribution in [0.15, 0.2) is 77.8 Å². The third-order valence-electron chi connectivity index (χ3n) is 5.24. The van der Waals surface area contributed by atoms with E-state index in [1.807, 2.05) is 0 Å². The van der Waals surface area contributed by atoms with E-state index in [4.69, 9.17) is 9.84 Å². The molecular formula is C24H20FNO5S. The molecule has 1 heterocycles. The van der Waals surface area contributed by atoms with E-state index >= 15 is 0 Å². The maximum Gasteiger partial charge on any atom is 0.303 e. The van der Waals surface area contributed by atoms with Gasteiger partial charge in [-0.15, -0.1) is 0 Å². The van der Waals surface area contributed by atoms with Crippen LogP contribution in [0.4, 0.5) is 4.39 Å². The molecule has 0 bridgehead atoms. The Morgan fingerprint density at radius 3 is 2.47 bits per heavy atom. The molecule has 0 amide bonds. The van der Waals surface area contributed by atoms with Crippen molar-refractivity contribution >= 4 is 26.9 Å². The molecular weight excluding hydrogens is 433 g/mol. The number of hydrogen-bond donors (Lipinski definition) is 1. The first-order valence-electron chi connectivity index (χ1n) is 9.81. The van der Waals surface area contributed by atoms with Gasteiger partial charge in [0.2, 0.25) is 0 Å². The number of fused-ring (bicyclic) bond motifs is 1. The van der Waals surface area contributed by atoms with Crippen LogP contribution < -0.4 is 4.74 Å². The summed E-state index contributed by atoms with van der Waals surface area (Å²) >= 11 is 0. The van der Waals surface area contributed by atoms with Gasteiger partial charge in [0, 0.05) is 18.0 Å². The molecule has 8 heteroatoms. The molecule has 1 aromatic heterocycles. The molecule has 0 fully saturated rings. The van der Waals surface area contributed by atoms with Crippen LogP contribution in [-0.2, 0) is 21.2 Å². The first-order valence-corrected chi connectivity index (χ1v) is 11.2. The normalized spacial score (nSPS) is 11.6. The predicted octanol–water partition coefficient (Wildman–Crippen LogP) is 4.71. The Balaban J connectivity index is 1.83. The van der Waals surface area contributed by atoms with Crippen molar-refractivity contribution in [1.29, 1.82) is 0 Å². The van der Waals surface area contributed by atoms with Crippen molar-refractivity contribution in [2.75, 3.05) is 7.11 Å². The second-order valence-electron chi connectivity index (χ2n) is 7.27. The second-order valence-corrected chi connectivity index (χ2v) is 9.08. The van der Waals surface area contributed by atoms with Crippen LogP contribution in [-0.4, -0.2) is 30.6 Å². The fourth-order valence-electron chi connectivity index (χ4n) is 3.60. The van der Waals surface area contributed by atoms with Crippen LogP contribution in [0.25, 0.3) is 22.0 Å². The Bertz CT molecular complexity index is 1410. The molecule has 0 aliphatic carbocycles. The van der Waals surface area contributed by atoms with Crippen molar-refractivity contribution < 1.29 is 27.4 Å². The van der Waals surface area contributed by atoms with Gasteiger partial charge in [-0.3, -0.25) is 4.79 Å². The minimum atomic E-state index is -3.99. The molecule has 32 heavy (non-hydrogen) atoms. The van der Waals surface area contributed by atoms with E-state index in [2.05, 4.69) is 0 Å². The number of carbonyl (C=O) groups is 1. The highest BCUT2D eigenvalue weighted by Crippen LogP contribution is 2.31. The zero-order valence-corrected chi connectivity index (χ0v) is 18.0. The molecule has 4 rings (SSSR count). The first kappa shape index (κ1) is 21.6. The quantitative estimate of drug-likeness (QED) is 0.438. The van der Waals surface area contributed by atoms with Gasteiger partial charge < -0.3 is 9.84 Å². The lowest BCUT2D eigenvalue weighted by Gasteiger charge is -2.10. The molecule has 0 saturated carbocycles. The summed E-state index contributed by atoms with van der Waals surface area (Å²) in [5.41, 5.74) is 2.35. The lowest BCUT2D eigenvalue weighted by molar-refractivity contribution is -0.136. The van der Waals surface area contributed by atoms with E-state index in [0.29, 0.717) is 33.3 Å². The molecule has 0 spiro atoms. The maximum absolute atomic E-state index is 13.5. The highest BCUT2D eigenvalue weighted by molar-refractivity contribution is 7.90. The van der Waals surface area contributed by atoms with E-state index in [0.717, 1.165) is 0 Å². The van der Waals surface area contributed by atoms with Crippen LogP contribution >= 0.6 is 0 Å². The number of methoxy groups -OCH3 is 1. The fraction of sp³-hybridized carbons (Fsp3) is 0.125. The van der Waals surface area contributed by atoms with Crippen molar-refractivity contribution in [3.8, 4) is 16.9 Å². The summed E-state index contributed by atoms with van der Waals surface area (Å²) < 4.78 is 46.8. The van der Waals surface area contributed by atoms with Crippen molar-refractivity contribution in [3.63, 3.8) is 0 Å². The summed E-state index contributed by atoms with van der Waals surface area (Å²) in [7, 11) is -2.48. The molecule has 0 radical (unpaired) electrons. The number of nitrogens with zero attached hydrogens (tertiary/aromatic N) is 1. The number of aryl methyl sites for hydroxylation is 1. The molecule has 0 unspecified atom stereocenters. The Kier molecular flexibility index (Phi) is 5.71. The van der Waals surface area contributed by atoms with Gasteiger partial charge in [-0.05, 0) is 65.6 Å². The van der Waals surface area contributed by atoms with Crippen LogP contribution in [0, 0.1) is 5.82 Å². The molecule has 4 aromatic rings. The van der Waals surface area contributed by atoms with Crippen molar-refractivity contribution in [2.24, 2.45) is 0 Å². The van der Waals surface area contributed by atoms with Crippen LogP contribution in [0.3, 0.4) is 0 Å². The molecule has 0 atom stereocenters. The molecule has 0 aliphatic rings. The van der Waals surface area contributed by atoms with Gasteiger partial charge in [-0.1, -0.05) is 24.3 Å². The zero-order chi connectivity index (χ0) is 22.9. The van der Waals surface area contributed by atoms with E-state index in [-0.39, 0.29) is 23.6 Å². The average molecular weight is 453 g/mol. The van der Waals surface area contributed by atoms with Crippen molar-refractivity contribution in [2.45, 2.75) is 17.7 Å². The summed E-state index contributed by atoms with van der Waals surface area (Å²) in [5.74, 6) is -0.799. The van der Waals surface area contributed by atoms with Gasteiger partial charge >= 0.3 is 5.97 Å². The van der Waals surface area contributed by atoms with Crippen LogP contribution in [0.1, 0.15) is 12.0 Å². The molecule has 0 aliphatic heterocycles. The minimum Gasteiger partial charge on any atom is -0.497 e. The highest BCUT2D eigenvalue weighted by Gasteiger charge is 2.22. The number of carboxylic acid groups (broad SMARTS) is 1. The third-order valence-corrected chi connectivity index (χ3v) is 6.91. The van der Waals surface area contributed by atoms with Crippen molar-refractivity contribution in [1.82, 2.24) is 3.97 Å². The number of halogens is 1. The topological polar surface area (TPSA) is 85.6 Å². The highest BCUT2D eigenvalue weighted by atomic mass is 32.2. The lowest BCUT2D eigenvalue weighted by atomic mass is 10.1. The van der Waals surface area contributed by atoms with Gasteiger partial charge in [-0.2, -0.15) is 0 Å². The number of rotatable bonds is 7. The maximum atomic E-state index is 13.5. The van der Waals surface area contributed by atoms with Crippen molar-refractivity contribution in [3.05, 3.63) is 84.3 Å². The van der Waals surface area contributed by atoms with Crippen LogP contribution in [0.5, 0.6) is 5.75 Å². The SMILES string of the molecule is COc1ccc2c(c1)c(CCC(=O)O)cn2S(=O)(=O)c1cccc(-c2ccc(F)cc2)c1. The number of hydrogen-bond acceptors (Lipinski definition) is 4. The summed E-state index contributed by atoms with van der Waals surface area (Å²) in [6.45, 7) is 0. The number of aliphatic carboxylic acids is 1. The Hall–Kier alpha value is -3.65. The van der Waals surface area contributed by atoms with Crippen LogP contribution in [0.2, 0.25) is 0 Å². The second kappa shape index (κ2) is 8.47. The number of aromatic nitrogens is 1. The summed E-state index contributed by atoms with van der Waals surface area (Å²) in [6, 6.07) is 17.2. The lowest BCUT2D eigenvalue weighted by Crippen LogP contribution is -2.12.